The Labute approximate surface area is 176 Å². The van der Waals surface area contributed by atoms with Crippen LogP contribution in [0.1, 0.15) is 23.6 Å². The third-order valence-corrected chi connectivity index (χ3v) is 5.46. The molecule has 2 N–H and O–H groups in total. The molecule has 0 bridgehead atoms. The number of aromatic nitrogens is 1. The van der Waals surface area contributed by atoms with Gasteiger partial charge in [-0.2, -0.15) is 0 Å². The van der Waals surface area contributed by atoms with E-state index in [4.69, 9.17) is 4.74 Å². The first-order valence-corrected chi connectivity index (χ1v) is 10.3. The molecule has 4 rings (SSSR count). The summed E-state index contributed by atoms with van der Waals surface area (Å²) in [6, 6.07) is 13.2. The van der Waals surface area contributed by atoms with Crippen molar-refractivity contribution in [2.45, 2.75) is 19.0 Å². The predicted molar refractivity (Wildman–Crippen MR) is 113 cm³/mol. The number of carbonyl (C=O) groups excluding carboxylic acids is 2. The van der Waals surface area contributed by atoms with E-state index in [9.17, 15) is 9.59 Å². The second kappa shape index (κ2) is 9.58. The van der Waals surface area contributed by atoms with Crippen LogP contribution in [0, 0.1) is 0 Å². The second-order valence-corrected chi connectivity index (χ2v) is 7.46. The SMILES string of the molecule is O=C1CC(c2ccccc2)N(C(=O)NCc2ccc(N3CCOCC3)nc2)CCN1. The van der Waals surface area contributed by atoms with Gasteiger partial charge in [0.05, 0.1) is 25.7 Å². The van der Waals surface area contributed by atoms with Crippen molar-refractivity contribution < 1.29 is 14.3 Å². The maximum absolute atomic E-state index is 13.0. The van der Waals surface area contributed by atoms with Gasteiger partial charge in [-0.05, 0) is 17.2 Å². The standard InChI is InChI=1S/C22H27N5O3/c28-21-14-19(18-4-2-1-3-5-18)27(9-8-23-21)22(29)25-16-17-6-7-20(24-15-17)26-10-12-30-13-11-26/h1-7,15,19H,8-14,16H2,(H,23,28)(H,25,29). The van der Waals surface area contributed by atoms with Gasteiger partial charge in [0.1, 0.15) is 5.82 Å². The summed E-state index contributed by atoms with van der Waals surface area (Å²) in [6.07, 6.45) is 2.06. The van der Waals surface area contributed by atoms with E-state index in [-0.39, 0.29) is 24.4 Å². The lowest BCUT2D eigenvalue weighted by Crippen LogP contribution is -2.43. The number of pyridine rings is 1. The number of amides is 3. The zero-order valence-corrected chi connectivity index (χ0v) is 16.9. The van der Waals surface area contributed by atoms with Crippen LogP contribution >= 0.6 is 0 Å². The minimum Gasteiger partial charge on any atom is -0.378 e. The summed E-state index contributed by atoms with van der Waals surface area (Å²) >= 11 is 0. The minimum atomic E-state index is -0.282. The number of carbonyl (C=O) groups is 2. The van der Waals surface area contributed by atoms with Crippen LogP contribution in [0.3, 0.4) is 0 Å². The number of ether oxygens (including phenoxy) is 1. The van der Waals surface area contributed by atoms with Gasteiger partial charge in [-0.25, -0.2) is 9.78 Å². The number of nitrogens with one attached hydrogen (secondary N) is 2. The zero-order chi connectivity index (χ0) is 20.8. The molecule has 3 amide bonds. The summed E-state index contributed by atoms with van der Waals surface area (Å²) in [6.45, 7) is 4.41. The van der Waals surface area contributed by atoms with Gasteiger partial charge in [-0.3, -0.25) is 4.79 Å². The van der Waals surface area contributed by atoms with Crippen LogP contribution in [0.2, 0.25) is 0 Å². The number of rotatable bonds is 4. The van der Waals surface area contributed by atoms with E-state index in [2.05, 4.69) is 20.5 Å². The van der Waals surface area contributed by atoms with E-state index in [0.29, 0.717) is 19.6 Å². The number of morpholine rings is 1. The molecule has 8 heteroatoms. The molecule has 30 heavy (non-hydrogen) atoms. The molecular weight excluding hydrogens is 382 g/mol. The highest BCUT2D eigenvalue weighted by Gasteiger charge is 2.29. The summed E-state index contributed by atoms with van der Waals surface area (Å²) in [5.41, 5.74) is 1.89. The normalized spacial score (nSPS) is 19.7. The highest BCUT2D eigenvalue weighted by atomic mass is 16.5. The van der Waals surface area contributed by atoms with Crippen LogP contribution in [-0.4, -0.2) is 61.2 Å². The Morgan fingerprint density at radius 1 is 1.13 bits per heavy atom. The molecule has 1 atom stereocenters. The molecule has 2 aliphatic heterocycles. The molecule has 1 aromatic heterocycles. The molecule has 0 aliphatic carbocycles. The van der Waals surface area contributed by atoms with E-state index in [1.54, 1.807) is 11.1 Å². The Kier molecular flexibility index (Phi) is 6.44. The fourth-order valence-electron chi connectivity index (χ4n) is 3.83. The first-order valence-electron chi connectivity index (χ1n) is 10.3. The second-order valence-electron chi connectivity index (χ2n) is 7.46. The van der Waals surface area contributed by atoms with Crippen molar-refractivity contribution >= 4 is 17.8 Å². The molecule has 2 fully saturated rings. The van der Waals surface area contributed by atoms with Crippen molar-refractivity contribution in [3.05, 3.63) is 59.8 Å². The minimum absolute atomic E-state index is 0.0398. The topological polar surface area (TPSA) is 86.8 Å². The summed E-state index contributed by atoms with van der Waals surface area (Å²) in [5.74, 6) is 0.886. The molecule has 0 spiro atoms. The largest absolute Gasteiger partial charge is 0.378 e. The van der Waals surface area contributed by atoms with E-state index < -0.39 is 0 Å². The van der Waals surface area contributed by atoms with Crippen molar-refractivity contribution in [2.75, 3.05) is 44.3 Å². The van der Waals surface area contributed by atoms with Crippen LogP contribution in [0.5, 0.6) is 0 Å². The van der Waals surface area contributed by atoms with Crippen molar-refractivity contribution in [1.82, 2.24) is 20.5 Å². The maximum Gasteiger partial charge on any atom is 0.318 e. The number of nitrogens with zero attached hydrogens (tertiary/aromatic N) is 3. The van der Waals surface area contributed by atoms with Gasteiger partial charge in [-0.15, -0.1) is 0 Å². The highest BCUT2D eigenvalue weighted by Crippen LogP contribution is 2.25. The Bertz CT molecular complexity index is 853. The van der Waals surface area contributed by atoms with Crippen molar-refractivity contribution in [2.24, 2.45) is 0 Å². The van der Waals surface area contributed by atoms with Gasteiger partial charge in [0.2, 0.25) is 5.91 Å². The van der Waals surface area contributed by atoms with Crippen LogP contribution in [0.15, 0.2) is 48.7 Å². The first kappa shape index (κ1) is 20.2. The van der Waals surface area contributed by atoms with Gasteiger partial charge in [-0.1, -0.05) is 36.4 Å². The Balaban J connectivity index is 1.39. The number of hydrogen-bond donors (Lipinski definition) is 2. The molecule has 3 heterocycles. The Morgan fingerprint density at radius 3 is 2.67 bits per heavy atom. The Hall–Kier alpha value is -3.13. The molecule has 158 valence electrons. The van der Waals surface area contributed by atoms with E-state index in [1.165, 1.54) is 0 Å². The molecular formula is C22H27N5O3. The first-order chi connectivity index (χ1) is 14.7. The van der Waals surface area contributed by atoms with Crippen LogP contribution < -0.4 is 15.5 Å². The summed E-state index contributed by atoms with van der Waals surface area (Å²) in [7, 11) is 0. The third kappa shape index (κ3) is 4.88. The Morgan fingerprint density at radius 2 is 1.93 bits per heavy atom. The number of hydrogen-bond acceptors (Lipinski definition) is 5. The van der Waals surface area contributed by atoms with Crippen molar-refractivity contribution in [1.29, 1.82) is 0 Å². The van der Waals surface area contributed by atoms with E-state index in [1.807, 2.05) is 42.5 Å². The quantitative estimate of drug-likeness (QED) is 0.803. The van der Waals surface area contributed by atoms with Crippen molar-refractivity contribution in [3.63, 3.8) is 0 Å². The molecule has 2 saturated heterocycles. The van der Waals surface area contributed by atoms with Gasteiger partial charge >= 0.3 is 6.03 Å². The maximum atomic E-state index is 13.0. The van der Waals surface area contributed by atoms with E-state index in [0.717, 1.165) is 43.2 Å². The summed E-state index contributed by atoms with van der Waals surface area (Å²) < 4.78 is 5.38. The third-order valence-electron chi connectivity index (χ3n) is 5.46. The lowest BCUT2D eigenvalue weighted by Gasteiger charge is -2.30. The smallest absolute Gasteiger partial charge is 0.318 e. The summed E-state index contributed by atoms with van der Waals surface area (Å²) in [4.78, 5) is 33.5. The van der Waals surface area contributed by atoms with E-state index >= 15 is 0 Å². The fourth-order valence-corrected chi connectivity index (χ4v) is 3.83. The average Bonchev–Trinajstić information content (AvgIpc) is 3.00. The number of urea groups is 1. The monoisotopic (exact) mass is 409 g/mol. The van der Waals surface area contributed by atoms with Crippen LogP contribution in [0.25, 0.3) is 0 Å². The molecule has 1 aromatic carbocycles. The highest BCUT2D eigenvalue weighted by molar-refractivity contribution is 5.80. The van der Waals surface area contributed by atoms with Gasteiger partial charge in [0.25, 0.3) is 0 Å². The molecule has 0 radical (unpaired) electrons. The van der Waals surface area contributed by atoms with Gasteiger partial charge in [0, 0.05) is 38.9 Å². The lowest BCUT2D eigenvalue weighted by molar-refractivity contribution is -0.121. The molecule has 2 aliphatic rings. The molecule has 0 saturated carbocycles. The molecule has 1 unspecified atom stereocenters. The predicted octanol–water partition coefficient (Wildman–Crippen LogP) is 1.69. The van der Waals surface area contributed by atoms with Crippen LogP contribution in [0.4, 0.5) is 10.6 Å². The number of benzene rings is 1. The molecule has 8 nitrogen and oxygen atoms in total. The molecule has 2 aromatic rings. The summed E-state index contributed by atoms with van der Waals surface area (Å²) in [5, 5.41) is 5.84. The fraction of sp³-hybridized carbons (Fsp3) is 0.409. The number of anilines is 1. The lowest BCUT2D eigenvalue weighted by atomic mass is 10.0. The zero-order valence-electron chi connectivity index (χ0n) is 16.9. The van der Waals surface area contributed by atoms with Gasteiger partial charge in [0.15, 0.2) is 0 Å². The average molecular weight is 409 g/mol. The van der Waals surface area contributed by atoms with Crippen molar-refractivity contribution in [3.8, 4) is 0 Å². The van der Waals surface area contributed by atoms with Crippen LogP contribution in [-0.2, 0) is 16.1 Å². The van der Waals surface area contributed by atoms with Gasteiger partial charge < -0.3 is 25.2 Å².